The Morgan fingerprint density at radius 2 is 2.00 bits per heavy atom. The van der Waals surface area contributed by atoms with Gasteiger partial charge in [0.15, 0.2) is 0 Å². The molecule has 0 spiro atoms. The monoisotopic (exact) mass is 363 g/mol. The van der Waals surface area contributed by atoms with Gasteiger partial charge in [-0.1, -0.05) is 24.3 Å². The lowest BCUT2D eigenvalue weighted by molar-refractivity contribution is -0.138. The molecule has 0 atom stereocenters. The van der Waals surface area contributed by atoms with E-state index >= 15 is 0 Å². The van der Waals surface area contributed by atoms with Crippen molar-refractivity contribution < 1.29 is 14.6 Å². The van der Waals surface area contributed by atoms with Gasteiger partial charge in [0.05, 0.1) is 25.3 Å². The summed E-state index contributed by atoms with van der Waals surface area (Å²) < 4.78 is 5.24. The number of allylic oxidation sites excluding steroid dienone is 5. The fourth-order valence-corrected chi connectivity index (χ4v) is 3.86. The van der Waals surface area contributed by atoms with Crippen LogP contribution in [0.25, 0.3) is 5.57 Å². The van der Waals surface area contributed by atoms with E-state index in [1.165, 1.54) is 35.3 Å². The van der Waals surface area contributed by atoms with Crippen LogP contribution in [-0.4, -0.2) is 29.1 Å². The van der Waals surface area contributed by atoms with Crippen molar-refractivity contribution in [2.24, 2.45) is 5.92 Å². The molecule has 0 radical (unpaired) electrons. The third kappa shape index (κ3) is 3.37. The third-order valence-electron chi connectivity index (χ3n) is 5.41. The molecule has 0 bridgehead atoms. The lowest BCUT2D eigenvalue weighted by Gasteiger charge is -2.35. The molecule has 4 rings (SSSR count). The Bertz CT molecular complexity index is 883. The number of carbonyl (C=O) groups excluding carboxylic acids is 1. The number of ether oxygens (including phenoxy) is 1. The first-order valence-corrected chi connectivity index (χ1v) is 9.60. The number of hydrogen-bond donors (Lipinski definition) is 1. The topological polar surface area (TPSA) is 49.8 Å². The van der Waals surface area contributed by atoms with E-state index in [2.05, 4.69) is 42.3 Å². The molecule has 0 unspecified atom stereocenters. The van der Waals surface area contributed by atoms with Gasteiger partial charge >= 0.3 is 5.97 Å². The number of rotatable bonds is 5. The molecule has 1 saturated carbocycles. The maximum Gasteiger partial charge on any atom is 0.335 e. The maximum atomic E-state index is 12.3. The minimum Gasteiger partial charge on any atom is -0.463 e. The van der Waals surface area contributed by atoms with E-state index in [1.54, 1.807) is 0 Å². The summed E-state index contributed by atoms with van der Waals surface area (Å²) >= 11 is 0. The lowest BCUT2D eigenvalue weighted by Crippen LogP contribution is -2.31. The Morgan fingerprint density at radius 1 is 1.26 bits per heavy atom. The number of esters is 1. The lowest BCUT2D eigenvalue weighted by atomic mass is 9.89. The largest absolute Gasteiger partial charge is 0.463 e. The Kier molecular flexibility index (Phi) is 4.75. The first-order valence-electron chi connectivity index (χ1n) is 9.60. The van der Waals surface area contributed by atoms with Crippen molar-refractivity contribution in [3.63, 3.8) is 0 Å². The second-order valence-electron chi connectivity index (χ2n) is 7.31. The first kappa shape index (κ1) is 17.8. The molecule has 140 valence electrons. The van der Waals surface area contributed by atoms with Crippen molar-refractivity contribution in [1.29, 1.82) is 0 Å². The van der Waals surface area contributed by atoms with E-state index < -0.39 is 0 Å². The van der Waals surface area contributed by atoms with Crippen molar-refractivity contribution in [3.8, 4) is 0 Å². The van der Waals surface area contributed by atoms with Crippen LogP contribution in [0, 0.1) is 5.92 Å². The van der Waals surface area contributed by atoms with Gasteiger partial charge < -0.3 is 14.7 Å². The van der Waals surface area contributed by atoms with Crippen LogP contribution in [-0.2, 0) is 16.1 Å². The summed E-state index contributed by atoms with van der Waals surface area (Å²) in [7, 11) is 0. The van der Waals surface area contributed by atoms with Gasteiger partial charge in [-0.05, 0) is 72.6 Å². The van der Waals surface area contributed by atoms with Gasteiger partial charge in [0.2, 0.25) is 0 Å². The van der Waals surface area contributed by atoms with Crippen LogP contribution < -0.4 is 0 Å². The molecule has 27 heavy (non-hydrogen) atoms. The highest BCUT2D eigenvalue weighted by Crippen LogP contribution is 2.45. The number of fused-ring (bicyclic) bond motifs is 1. The molecule has 1 fully saturated rings. The zero-order chi connectivity index (χ0) is 19.0. The number of benzene rings is 1. The summed E-state index contributed by atoms with van der Waals surface area (Å²) in [6, 6.07) is 8.05. The SMILES string of the molecule is CCOC(=O)C1=CC(C2CC2)=C2C(C)=C(c3ccc(CO)cc3)C=CN2C1. The van der Waals surface area contributed by atoms with Crippen molar-refractivity contribution in [2.75, 3.05) is 13.2 Å². The number of aliphatic hydroxyl groups excluding tert-OH is 1. The fraction of sp³-hybridized carbons (Fsp3) is 0.348. The third-order valence-corrected chi connectivity index (χ3v) is 5.41. The van der Waals surface area contributed by atoms with E-state index in [-0.39, 0.29) is 12.6 Å². The number of hydrogen-bond acceptors (Lipinski definition) is 4. The summed E-state index contributed by atoms with van der Waals surface area (Å²) in [5.74, 6) is 0.321. The van der Waals surface area contributed by atoms with Crippen LogP contribution in [0.5, 0.6) is 0 Å². The van der Waals surface area contributed by atoms with E-state index in [1.807, 2.05) is 19.1 Å². The molecule has 2 heterocycles. The van der Waals surface area contributed by atoms with Crippen molar-refractivity contribution >= 4 is 11.5 Å². The molecule has 0 saturated heterocycles. The molecular formula is C23H25NO3. The second kappa shape index (κ2) is 7.20. The van der Waals surface area contributed by atoms with Gasteiger partial charge in [0.25, 0.3) is 0 Å². The van der Waals surface area contributed by atoms with Crippen LogP contribution >= 0.6 is 0 Å². The van der Waals surface area contributed by atoms with Gasteiger partial charge in [-0.25, -0.2) is 4.79 Å². The van der Waals surface area contributed by atoms with Crippen molar-refractivity contribution in [2.45, 2.75) is 33.3 Å². The Hall–Kier alpha value is -2.59. The van der Waals surface area contributed by atoms with Gasteiger partial charge in [0.1, 0.15) is 0 Å². The molecule has 0 amide bonds. The standard InChI is InChI=1S/C23H25NO3/c1-3-27-23(26)19-12-21(18-8-9-18)22-15(2)20(10-11-24(22)13-19)17-6-4-16(14-25)5-7-17/h4-7,10-12,18,25H,3,8-9,13-14H2,1-2H3. The van der Waals surface area contributed by atoms with E-state index in [4.69, 9.17) is 4.74 Å². The predicted octanol–water partition coefficient (Wildman–Crippen LogP) is 3.95. The van der Waals surface area contributed by atoms with Crippen LogP contribution in [0.15, 0.2) is 65.0 Å². The summed E-state index contributed by atoms with van der Waals surface area (Å²) in [6.45, 7) is 5.00. The number of carbonyl (C=O) groups is 1. The number of aliphatic hydroxyl groups is 1. The molecule has 1 aromatic carbocycles. The van der Waals surface area contributed by atoms with Gasteiger partial charge in [-0.15, -0.1) is 0 Å². The Morgan fingerprint density at radius 3 is 2.63 bits per heavy atom. The smallest absolute Gasteiger partial charge is 0.335 e. The predicted molar refractivity (Wildman–Crippen MR) is 105 cm³/mol. The molecule has 1 aromatic rings. The van der Waals surface area contributed by atoms with Crippen LogP contribution in [0.2, 0.25) is 0 Å². The van der Waals surface area contributed by atoms with Gasteiger partial charge in [-0.3, -0.25) is 0 Å². The Labute approximate surface area is 160 Å². The fourth-order valence-electron chi connectivity index (χ4n) is 3.86. The molecule has 4 nitrogen and oxygen atoms in total. The summed E-state index contributed by atoms with van der Waals surface area (Å²) in [4.78, 5) is 14.5. The summed E-state index contributed by atoms with van der Waals surface area (Å²) in [5, 5.41) is 9.27. The molecular weight excluding hydrogens is 338 g/mol. The highest BCUT2D eigenvalue weighted by molar-refractivity contribution is 5.91. The van der Waals surface area contributed by atoms with Crippen LogP contribution in [0.4, 0.5) is 0 Å². The summed E-state index contributed by atoms with van der Waals surface area (Å²) in [5.41, 5.74) is 7.70. The zero-order valence-corrected chi connectivity index (χ0v) is 15.9. The van der Waals surface area contributed by atoms with Crippen molar-refractivity contribution in [3.05, 3.63) is 76.2 Å². The highest BCUT2D eigenvalue weighted by atomic mass is 16.5. The quantitative estimate of drug-likeness (QED) is 0.805. The van der Waals surface area contributed by atoms with Gasteiger partial charge in [-0.2, -0.15) is 0 Å². The zero-order valence-electron chi connectivity index (χ0n) is 15.9. The number of nitrogens with zero attached hydrogens (tertiary/aromatic N) is 1. The maximum absolute atomic E-state index is 12.3. The average Bonchev–Trinajstić information content (AvgIpc) is 3.53. The molecule has 0 aromatic heterocycles. The normalized spacial score (nSPS) is 19.2. The average molecular weight is 363 g/mol. The first-order chi connectivity index (χ1) is 13.1. The highest BCUT2D eigenvalue weighted by Gasteiger charge is 2.35. The van der Waals surface area contributed by atoms with Crippen LogP contribution in [0.3, 0.4) is 0 Å². The van der Waals surface area contributed by atoms with Crippen molar-refractivity contribution in [1.82, 2.24) is 4.90 Å². The van der Waals surface area contributed by atoms with E-state index in [0.717, 1.165) is 16.7 Å². The van der Waals surface area contributed by atoms with Crippen LogP contribution in [0.1, 0.15) is 37.8 Å². The molecule has 2 aliphatic heterocycles. The molecule has 1 N–H and O–H groups in total. The Balaban J connectivity index is 1.77. The minimum absolute atomic E-state index is 0.0559. The summed E-state index contributed by atoms with van der Waals surface area (Å²) in [6.07, 6.45) is 8.61. The van der Waals surface area contributed by atoms with E-state index in [0.29, 0.717) is 19.1 Å². The minimum atomic E-state index is -0.213. The van der Waals surface area contributed by atoms with E-state index in [9.17, 15) is 9.90 Å². The van der Waals surface area contributed by atoms with Gasteiger partial charge in [0, 0.05) is 11.9 Å². The molecule has 4 heteroatoms. The second-order valence-corrected chi connectivity index (χ2v) is 7.31. The molecule has 3 aliphatic rings. The molecule has 1 aliphatic carbocycles.